The summed E-state index contributed by atoms with van der Waals surface area (Å²) in [6.45, 7) is 9.49. The molecule has 33 heavy (non-hydrogen) atoms. The molecule has 10 atom stereocenters. The third kappa shape index (κ3) is 4.04. The highest BCUT2D eigenvalue weighted by atomic mass is 16.3. The van der Waals surface area contributed by atoms with Crippen molar-refractivity contribution in [3.8, 4) is 0 Å². The van der Waals surface area contributed by atoms with Gasteiger partial charge in [-0.3, -0.25) is 4.79 Å². The fraction of sp³-hybridized carbons (Fsp3) is 0.889. The first kappa shape index (κ1) is 25.3. The molecule has 0 aromatic rings. The van der Waals surface area contributed by atoms with Gasteiger partial charge in [0.25, 0.3) is 0 Å². The average Bonchev–Trinajstić information content (AvgIpc) is 3.06. The van der Waals surface area contributed by atoms with Crippen LogP contribution in [0.25, 0.3) is 0 Å². The first-order valence-corrected chi connectivity index (χ1v) is 12.9. The topological polar surface area (TPSA) is 118 Å². The summed E-state index contributed by atoms with van der Waals surface area (Å²) >= 11 is 0. The fourth-order valence-electron chi connectivity index (χ4n) is 8.37. The Kier molecular flexibility index (Phi) is 6.23. The third-order valence-corrected chi connectivity index (χ3v) is 10.3. The molecular weight excluding hydrogens is 420 g/mol. The minimum atomic E-state index is -1.28. The van der Waals surface area contributed by atoms with E-state index in [1.807, 2.05) is 6.08 Å². The van der Waals surface area contributed by atoms with Crippen molar-refractivity contribution in [1.82, 2.24) is 0 Å². The van der Waals surface area contributed by atoms with E-state index >= 15 is 0 Å². The van der Waals surface area contributed by atoms with E-state index in [-0.39, 0.29) is 40.3 Å². The number of carbonyl (C=O) groups excluding carboxylic acids is 1. The number of rotatable bonds is 5. The van der Waals surface area contributed by atoms with Crippen LogP contribution in [0.2, 0.25) is 0 Å². The molecule has 0 aromatic carbocycles. The molecule has 4 rings (SSSR count). The van der Waals surface area contributed by atoms with Crippen molar-refractivity contribution >= 4 is 5.78 Å². The lowest BCUT2D eigenvalue weighted by molar-refractivity contribution is -0.151. The van der Waals surface area contributed by atoms with Crippen molar-refractivity contribution in [2.24, 2.45) is 34.5 Å². The lowest BCUT2D eigenvalue weighted by Gasteiger charge is -2.58. The van der Waals surface area contributed by atoms with Crippen LogP contribution in [0.1, 0.15) is 86.0 Å². The molecule has 4 aliphatic carbocycles. The first-order chi connectivity index (χ1) is 15.1. The summed E-state index contributed by atoms with van der Waals surface area (Å²) in [5, 5.41) is 53.3. The molecule has 0 heterocycles. The van der Waals surface area contributed by atoms with Gasteiger partial charge < -0.3 is 25.5 Å². The zero-order valence-corrected chi connectivity index (χ0v) is 20.9. The second-order valence-corrected chi connectivity index (χ2v) is 13.1. The Balaban J connectivity index is 1.61. The quantitative estimate of drug-likeness (QED) is 0.427. The van der Waals surface area contributed by atoms with Gasteiger partial charge in [0.2, 0.25) is 0 Å². The molecule has 0 spiro atoms. The van der Waals surface area contributed by atoms with Gasteiger partial charge in [-0.2, -0.15) is 0 Å². The van der Waals surface area contributed by atoms with Gasteiger partial charge in [-0.15, -0.1) is 0 Å². The Hall–Kier alpha value is -0.790. The van der Waals surface area contributed by atoms with Crippen molar-refractivity contribution in [1.29, 1.82) is 0 Å². The summed E-state index contributed by atoms with van der Waals surface area (Å²) in [5.74, 6) is 0.0783. The summed E-state index contributed by atoms with van der Waals surface area (Å²) in [7, 11) is 0. The van der Waals surface area contributed by atoms with E-state index in [0.717, 1.165) is 25.7 Å². The maximum absolute atomic E-state index is 13.2. The molecule has 6 nitrogen and oxygen atoms in total. The standard InChI is InChI=1S/C27H44O6/c1-24(2,32)10-9-23(31)27(5,33)22-7-6-16-15-12-19(28)18-13-20(29)21(30)14-26(18,4)17(15)8-11-25(16,22)3/h12,16-18,20-23,29-33H,6-11,13-14H2,1-5H3/t16?,17?,18-,20+,21-,22-,23+,25-,26+,27+/m0/s1. The van der Waals surface area contributed by atoms with Crippen molar-refractivity contribution in [3.05, 3.63) is 11.6 Å². The Morgan fingerprint density at radius 3 is 2.27 bits per heavy atom. The minimum Gasteiger partial charge on any atom is -0.390 e. The van der Waals surface area contributed by atoms with Gasteiger partial charge in [-0.1, -0.05) is 19.4 Å². The van der Waals surface area contributed by atoms with Crippen molar-refractivity contribution < 1.29 is 30.3 Å². The van der Waals surface area contributed by atoms with Gasteiger partial charge in [-0.05, 0) is 107 Å². The molecule has 3 saturated carbocycles. The number of fused-ring (bicyclic) bond motifs is 5. The van der Waals surface area contributed by atoms with Crippen LogP contribution in [-0.4, -0.2) is 60.8 Å². The monoisotopic (exact) mass is 464 g/mol. The van der Waals surface area contributed by atoms with Crippen molar-refractivity contribution in [2.45, 2.75) is 115 Å². The van der Waals surface area contributed by atoms with Crippen LogP contribution in [0, 0.1) is 34.5 Å². The number of ketones is 1. The number of aliphatic hydroxyl groups excluding tert-OH is 3. The van der Waals surface area contributed by atoms with Crippen LogP contribution in [0.3, 0.4) is 0 Å². The van der Waals surface area contributed by atoms with E-state index in [0.29, 0.717) is 25.7 Å². The van der Waals surface area contributed by atoms with Crippen LogP contribution in [0.5, 0.6) is 0 Å². The van der Waals surface area contributed by atoms with Crippen LogP contribution < -0.4 is 0 Å². The summed E-state index contributed by atoms with van der Waals surface area (Å²) in [4.78, 5) is 13.2. The molecule has 0 aliphatic heterocycles. The van der Waals surface area contributed by atoms with Gasteiger partial charge >= 0.3 is 0 Å². The minimum absolute atomic E-state index is 0.0689. The lowest BCUT2D eigenvalue weighted by atomic mass is 9.47. The van der Waals surface area contributed by atoms with E-state index in [9.17, 15) is 30.3 Å². The zero-order valence-electron chi connectivity index (χ0n) is 20.9. The van der Waals surface area contributed by atoms with Gasteiger partial charge in [0.15, 0.2) is 5.78 Å². The predicted octanol–water partition coefficient (Wildman–Crippen LogP) is 2.74. The highest BCUT2D eigenvalue weighted by molar-refractivity contribution is 5.94. The summed E-state index contributed by atoms with van der Waals surface area (Å²) in [6.07, 6.45) is 4.21. The summed E-state index contributed by atoms with van der Waals surface area (Å²) < 4.78 is 0. The van der Waals surface area contributed by atoms with Crippen LogP contribution in [0.4, 0.5) is 0 Å². The van der Waals surface area contributed by atoms with E-state index in [2.05, 4.69) is 13.8 Å². The molecule has 6 heteroatoms. The first-order valence-electron chi connectivity index (χ1n) is 12.9. The SMILES string of the molecule is CC(C)(O)CC[C@@H](O)[C@](C)(O)[C@H]1CCC2C3=CC(=O)[C@@H]4C[C@@H](O)[C@@H](O)C[C@]4(C)C3CC[C@@]21C. The zero-order chi connectivity index (χ0) is 24.6. The van der Waals surface area contributed by atoms with Gasteiger partial charge in [0.1, 0.15) is 0 Å². The predicted molar refractivity (Wildman–Crippen MR) is 125 cm³/mol. The Morgan fingerprint density at radius 2 is 1.64 bits per heavy atom. The summed E-state index contributed by atoms with van der Waals surface area (Å²) in [6, 6.07) is 0. The molecule has 0 bridgehead atoms. The smallest absolute Gasteiger partial charge is 0.159 e. The van der Waals surface area contributed by atoms with Crippen LogP contribution in [-0.2, 0) is 4.79 Å². The number of carbonyl (C=O) groups is 1. The highest BCUT2D eigenvalue weighted by Crippen LogP contribution is 2.67. The van der Waals surface area contributed by atoms with Crippen molar-refractivity contribution in [3.63, 3.8) is 0 Å². The maximum atomic E-state index is 13.2. The van der Waals surface area contributed by atoms with Gasteiger partial charge in [-0.25, -0.2) is 0 Å². The maximum Gasteiger partial charge on any atom is 0.159 e. The Morgan fingerprint density at radius 1 is 1.00 bits per heavy atom. The molecule has 0 amide bonds. The van der Waals surface area contributed by atoms with E-state index in [1.54, 1.807) is 20.8 Å². The number of allylic oxidation sites excluding steroid dienone is 2. The Bertz CT molecular complexity index is 812. The molecule has 3 fully saturated rings. The van der Waals surface area contributed by atoms with Crippen LogP contribution >= 0.6 is 0 Å². The van der Waals surface area contributed by atoms with E-state index in [4.69, 9.17) is 0 Å². The summed E-state index contributed by atoms with van der Waals surface area (Å²) in [5.41, 5.74) is -1.58. The van der Waals surface area contributed by atoms with Crippen LogP contribution in [0.15, 0.2) is 11.6 Å². The molecule has 4 aliphatic rings. The average molecular weight is 465 g/mol. The largest absolute Gasteiger partial charge is 0.390 e. The number of hydrogen-bond donors (Lipinski definition) is 5. The Labute approximate surface area is 198 Å². The van der Waals surface area contributed by atoms with Gasteiger partial charge in [0.05, 0.1) is 29.5 Å². The number of hydrogen-bond acceptors (Lipinski definition) is 6. The second kappa shape index (κ2) is 8.12. The molecule has 0 saturated heterocycles. The van der Waals surface area contributed by atoms with E-state index < -0.39 is 29.5 Å². The molecule has 5 N–H and O–H groups in total. The van der Waals surface area contributed by atoms with Crippen molar-refractivity contribution in [2.75, 3.05) is 0 Å². The molecular formula is C27H44O6. The third-order valence-electron chi connectivity index (χ3n) is 10.3. The van der Waals surface area contributed by atoms with Gasteiger partial charge in [0, 0.05) is 5.92 Å². The molecule has 2 unspecified atom stereocenters. The highest BCUT2D eigenvalue weighted by Gasteiger charge is 2.63. The number of aliphatic hydroxyl groups is 5. The molecule has 0 radical (unpaired) electrons. The molecule has 0 aromatic heterocycles. The van der Waals surface area contributed by atoms with E-state index in [1.165, 1.54) is 5.57 Å². The fourth-order valence-corrected chi connectivity index (χ4v) is 8.37. The second-order valence-electron chi connectivity index (χ2n) is 13.1. The molecule has 188 valence electrons. The lowest BCUT2D eigenvalue weighted by Crippen LogP contribution is -2.57. The normalized spacial score (nSPS) is 46.0.